The van der Waals surface area contributed by atoms with E-state index < -0.39 is 22.1 Å². The lowest BCUT2D eigenvalue weighted by molar-refractivity contribution is -0.148. The molecule has 0 saturated carbocycles. The quantitative estimate of drug-likeness (QED) is 0.524. The smallest absolute Gasteiger partial charge is 0.344 e. The molecule has 0 heterocycles. The van der Waals surface area contributed by atoms with Crippen molar-refractivity contribution in [3.05, 3.63) is 59.2 Å². The highest BCUT2D eigenvalue weighted by atomic mass is 32.2. The van der Waals surface area contributed by atoms with E-state index in [1.807, 2.05) is 18.2 Å². The van der Waals surface area contributed by atoms with Gasteiger partial charge in [-0.05, 0) is 73.7 Å². The second-order valence-corrected chi connectivity index (χ2v) is 8.77. The first-order valence-electron chi connectivity index (χ1n) is 9.27. The maximum absolute atomic E-state index is 12.4. The predicted octanol–water partition coefficient (Wildman–Crippen LogP) is 2.74. The van der Waals surface area contributed by atoms with E-state index in [0.29, 0.717) is 17.0 Å². The van der Waals surface area contributed by atoms with Crippen LogP contribution in [0.5, 0.6) is 5.75 Å². The summed E-state index contributed by atoms with van der Waals surface area (Å²) in [4.78, 5) is 24.5. The van der Waals surface area contributed by atoms with Crippen LogP contribution in [-0.2, 0) is 32.4 Å². The van der Waals surface area contributed by atoms with Crippen LogP contribution < -0.4 is 9.46 Å². The molecular formula is C21H23NO6S. The number of hydrogen-bond acceptors (Lipinski definition) is 6. The number of ether oxygens (including phenoxy) is 2. The summed E-state index contributed by atoms with van der Waals surface area (Å²) in [5.41, 5.74) is 3.21. The second kappa shape index (κ2) is 8.65. The van der Waals surface area contributed by atoms with Crippen molar-refractivity contribution in [2.45, 2.75) is 32.3 Å². The van der Waals surface area contributed by atoms with E-state index in [1.165, 1.54) is 42.3 Å². The Balaban J connectivity index is 1.51. The molecule has 0 spiro atoms. The summed E-state index contributed by atoms with van der Waals surface area (Å²) in [6.07, 6.45) is 3.27. The van der Waals surface area contributed by atoms with Crippen LogP contribution in [0.25, 0.3) is 0 Å². The number of benzene rings is 2. The number of Topliss-reactive ketones (excluding diaryl/α,β-unsaturated/α-hetero) is 1. The molecule has 154 valence electrons. The molecule has 0 aromatic heterocycles. The normalized spacial score (nSPS) is 14.0. The molecule has 0 fully saturated rings. The zero-order valence-corrected chi connectivity index (χ0v) is 17.1. The van der Waals surface area contributed by atoms with Gasteiger partial charge in [-0.15, -0.1) is 0 Å². The van der Waals surface area contributed by atoms with Crippen LogP contribution >= 0.6 is 0 Å². The van der Waals surface area contributed by atoms with Crippen molar-refractivity contribution < 1.29 is 27.5 Å². The van der Waals surface area contributed by atoms with Gasteiger partial charge in [0.05, 0.1) is 6.26 Å². The number of fused-ring (bicyclic) bond motifs is 1. The largest absolute Gasteiger partial charge is 0.482 e. The first-order valence-corrected chi connectivity index (χ1v) is 11.2. The number of esters is 1. The fourth-order valence-electron chi connectivity index (χ4n) is 3.22. The van der Waals surface area contributed by atoms with Gasteiger partial charge in [0.25, 0.3) is 0 Å². The van der Waals surface area contributed by atoms with Crippen LogP contribution in [0.3, 0.4) is 0 Å². The summed E-state index contributed by atoms with van der Waals surface area (Å²) in [5, 5.41) is 0. The van der Waals surface area contributed by atoms with Gasteiger partial charge in [0.1, 0.15) is 5.75 Å². The third kappa shape index (κ3) is 5.80. The number of nitrogens with one attached hydrogen (secondary N) is 1. The van der Waals surface area contributed by atoms with Crippen molar-refractivity contribution in [2.75, 3.05) is 17.6 Å². The zero-order chi connectivity index (χ0) is 21.0. The minimum Gasteiger partial charge on any atom is -0.482 e. The SMILES string of the molecule is C[C@@H](OC(=O)COc1ccc2c(c1)CCC2)C(=O)c1ccc(NS(C)(=O)=O)cc1. The average Bonchev–Trinajstić information content (AvgIpc) is 3.13. The third-order valence-electron chi connectivity index (χ3n) is 4.58. The summed E-state index contributed by atoms with van der Waals surface area (Å²) in [5.74, 6) is -0.418. The molecule has 0 radical (unpaired) electrons. The molecule has 0 amide bonds. The van der Waals surface area contributed by atoms with Gasteiger partial charge in [-0.1, -0.05) is 6.07 Å². The Morgan fingerprint density at radius 2 is 1.76 bits per heavy atom. The standard InChI is InChI=1S/C21H23NO6S/c1-14(21(24)16-6-9-18(10-7-16)22-29(2,25)26)28-20(23)13-27-19-11-8-15-4-3-5-17(15)12-19/h6-12,14,22H,3-5,13H2,1-2H3/t14-/m1/s1. The molecule has 1 atom stereocenters. The minimum absolute atomic E-state index is 0.284. The maximum atomic E-state index is 12.4. The van der Waals surface area contributed by atoms with E-state index in [9.17, 15) is 18.0 Å². The lowest BCUT2D eigenvalue weighted by atomic mass is 10.1. The number of sulfonamides is 1. The number of aryl methyl sites for hydroxylation is 2. The van der Waals surface area contributed by atoms with E-state index in [1.54, 1.807) is 0 Å². The van der Waals surface area contributed by atoms with E-state index in [2.05, 4.69) is 4.72 Å². The van der Waals surface area contributed by atoms with Crippen molar-refractivity contribution in [3.8, 4) is 5.75 Å². The molecule has 1 aliphatic rings. The van der Waals surface area contributed by atoms with Crippen LogP contribution in [0.15, 0.2) is 42.5 Å². The molecule has 2 aromatic carbocycles. The molecule has 2 aromatic rings. The number of ketones is 1. The fourth-order valence-corrected chi connectivity index (χ4v) is 3.78. The van der Waals surface area contributed by atoms with Crippen molar-refractivity contribution in [3.63, 3.8) is 0 Å². The van der Waals surface area contributed by atoms with Crippen LogP contribution in [0, 0.1) is 0 Å². The number of carbonyl (C=O) groups is 2. The van der Waals surface area contributed by atoms with Crippen LogP contribution in [0.2, 0.25) is 0 Å². The number of anilines is 1. The van der Waals surface area contributed by atoms with Gasteiger partial charge >= 0.3 is 5.97 Å². The Bertz CT molecular complexity index is 1010. The predicted molar refractivity (Wildman–Crippen MR) is 109 cm³/mol. The molecule has 1 aliphatic carbocycles. The van der Waals surface area contributed by atoms with E-state index in [0.717, 1.165) is 25.5 Å². The highest BCUT2D eigenvalue weighted by molar-refractivity contribution is 7.92. The van der Waals surface area contributed by atoms with E-state index in [4.69, 9.17) is 9.47 Å². The molecule has 0 aliphatic heterocycles. The molecule has 1 N–H and O–H groups in total. The maximum Gasteiger partial charge on any atom is 0.344 e. The molecule has 8 heteroatoms. The van der Waals surface area contributed by atoms with Crippen LogP contribution in [0.4, 0.5) is 5.69 Å². The molecule has 0 saturated heterocycles. The number of carbonyl (C=O) groups excluding carboxylic acids is 2. The Labute approximate surface area is 170 Å². The Hall–Kier alpha value is -2.87. The molecule has 29 heavy (non-hydrogen) atoms. The molecule has 0 unspecified atom stereocenters. The topological polar surface area (TPSA) is 98.8 Å². The Morgan fingerprint density at radius 3 is 2.45 bits per heavy atom. The first kappa shape index (κ1) is 20.9. The van der Waals surface area contributed by atoms with Gasteiger partial charge in [-0.3, -0.25) is 9.52 Å². The second-order valence-electron chi connectivity index (χ2n) is 7.02. The van der Waals surface area contributed by atoms with E-state index in [-0.39, 0.29) is 12.4 Å². The summed E-state index contributed by atoms with van der Waals surface area (Å²) in [6, 6.07) is 11.7. The van der Waals surface area contributed by atoms with Crippen LogP contribution in [-0.4, -0.2) is 39.1 Å². The van der Waals surface area contributed by atoms with Gasteiger partial charge in [0.15, 0.2) is 12.7 Å². The van der Waals surface area contributed by atoms with Gasteiger partial charge in [0.2, 0.25) is 15.8 Å². The highest BCUT2D eigenvalue weighted by Gasteiger charge is 2.20. The first-order chi connectivity index (χ1) is 13.7. The Morgan fingerprint density at radius 1 is 1.07 bits per heavy atom. The number of rotatable bonds is 8. The fraction of sp³-hybridized carbons (Fsp3) is 0.333. The summed E-state index contributed by atoms with van der Waals surface area (Å²) in [6.45, 7) is 1.20. The summed E-state index contributed by atoms with van der Waals surface area (Å²) < 4.78 is 35.4. The minimum atomic E-state index is -3.39. The lowest BCUT2D eigenvalue weighted by Crippen LogP contribution is -2.27. The van der Waals surface area contributed by atoms with E-state index >= 15 is 0 Å². The van der Waals surface area contributed by atoms with Crippen molar-refractivity contribution >= 4 is 27.5 Å². The highest BCUT2D eigenvalue weighted by Crippen LogP contribution is 2.26. The molecule has 7 nitrogen and oxygen atoms in total. The monoisotopic (exact) mass is 417 g/mol. The lowest BCUT2D eigenvalue weighted by Gasteiger charge is -2.13. The molecular weight excluding hydrogens is 394 g/mol. The van der Waals surface area contributed by atoms with Gasteiger partial charge in [-0.25, -0.2) is 13.2 Å². The molecule has 0 bridgehead atoms. The Kier molecular flexibility index (Phi) is 6.22. The van der Waals surface area contributed by atoms with Crippen molar-refractivity contribution in [2.24, 2.45) is 0 Å². The third-order valence-corrected chi connectivity index (χ3v) is 5.18. The number of hydrogen-bond donors (Lipinski definition) is 1. The summed E-state index contributed by atoms with van der Waals surface area (Å²) >= 11 is 0. The van der Waals surface area contributed by atoms with Crippen molar-refractivity contribution in [1.82, 2.24) is 0 Å². The van der Waals surface area contributed by atoms with Crippen molar-refractivity contribution in [1.29, 1.82) is 0 Å². The average molecular weight is 417 g/mol. The molecule has 3 rings (SSSR count). The zero-order valence-electron chi connectivity index (χ0n) is 16.3. The van der Waals surface area contributed by atoms with Gasteiger partial charge < -0.3 is 9.47 Å². The summed E-state index contributed by atoms with van der Waals surface area (Å²) in [7, 11) is -3.39. The van der Waals surface area contributed by atoms with Gasteiger partial charge in [0, 0.05) is 11.3 Å². The van der Waals surface area contributed by atoms with Gasteiger partial charge in [-0.2, -0.15) is 0 Å². The van der Waals surface area contributed by atoms with Crippen LogP contribution in [0.1, 0.15) is 34.8 Å².